The molecule has 3 aromatic rings. The zero-order chi connectivity index (χ0) is 22.3. The molecule has 9 nitrogen and oxygen atoms in total. The van der Waals surface area contributed by atoms with E-state index in [0.29, 0.717) is 22.8 Å². The number of nitrogens with zero attached hydrogens (tertiary/aromatic N) is 6. The maximum atomic E-state index is 12.4. The van der Waals surface area contributed by atoms with Gasteiger partial charge in [-0.05, 0) is 44.0 Å². The highest BCUT2D eigenvalue weighted by molar-refractivity contribution is 7.91. The van der Waals surface area contributed by atoms with Crippen LogP contribution in [0, 0.1) is 6.92 Å². The van der Waals surface area contributed by atoms with Gasteiger partial charge >= 0.3 is 0 Å². The molecule has 0 unspecified atom stereocenters. The van der Waals surface area contributed by atoms with Gasteiger partial charge in [0.05, 0.1) is 17.2 Å². The van der Waals surface area contributed by atoms with Gasteiger partial charge in [-0.15, -0.1) is 0 Å². The fourth-order valence-corrected chi connectivity index (χ4v) is 5.63. The van der Waals surface area contributed by atoms with Crippen LogP contribution in [0.5, 0.6) is 0 Å². The van der Waals surface area contributed by atoms with Gasteiger partial charge in [0.1, 0.15) is 17.4 Å². The minimum absolute atomic E-state index is 0.0624. The Morgan fingerprint density at radius 1 is 1.09 bits per heavy atom. The van der Waals surface area contributed by atoms with E-state index in [1.165, 1.54) is 6.33 Å². The second kappa shape index (κ2) is 8.25. The molecule has 1 saturated carbocycles. The molecule has 2 aromatic heterocycles. The second-order valence-corrected chi connectivity index (χ2v) is 11.0. The summed E-state index contributed by atoms with van der Waals surface area (Å²) in [6.07, 6.45) is 4.78. The summed E-state index contributed by atoms with van der Waals surface area (Å²) in [6.45, 7) is 5.65. The lowest BCUT2D eigenvalue weighted by atomic mass is 10.1. The molecule has 1 aliphatic heterocycles. The van der Waals surface area contributed by atoms with Crippen LogP contribution in [0.4, 0.5) is 17.5 Å². The SMILES string of the molecule is Cc1ccc(CS(=O)(=O)C2CC2)cc1Nc1ncnc2cnc(N3CCN(C)CC3)nc12. The van der Waals surface area contributed by atoms with Crippen LogP contribution < -0.4 is 10.2 Å². The first-order chi connectivity index (χ1) is 15.4. The van der Waals surface area contributed by atoms with E-state index in [9.17, 15) is 8.42 Å². The summed E-state index contributed by atoms with van der Waals surface area (Å²) in [7, 11) is -0.970. The van der Waals surface area contributed by atoms with Gasteiger partial charge in [-0.3, -0.25) is 0 Å². The smallest absolute Gasteiger partial charge is 0.226 e. The third kappa shape index (κ3) is 4.37. The lowest BCUT2D eigenvalue weighted by Crippen LogP contribution is -2.45. The lowest BCUT2D eigenvalue weighted by molar-refractivity contribution is 0.311. The first kappa shape index (κ1) is 21.0. The summed E-state index contributed by atoms with van der Waals surface area (Å²) < 4.78 is 24.9. The van der Waals surface area contributed by atoms with Gasteiger partial charge in [-0.2, -0.15) is 0 Å². The maximum Gasteiger partial charge on any atom is 0.226 e. The van der Waals surface area contributed by atoms with Crippen molar-refractivity contribution in [1.29, 1.82) is 0 Å². The van der Waals surface area contributed by atoms with E-state index in [-0.39, 0.29) is 11.0 Å². The Morgan fingerprint density at radius 3 is 2.62 bits per heavy atom. The molecule has 10 heteroatoms. The van der Waals surface area contributed by atoms with E-state index < -0.39 is 9.84 Å². The Hall–Kier alpha value is -2.85. The minimum atomic E-state index is -3.08. The number of nitrogens with one attached hydrogen (secondary N) is 1. The highest BCUT2D eigenvalue weighted by Gasteiger charge is 2.35. The predicted molar refractivity (Wildman–Crippen MR) is 125 cm³/mol. The maximum absolute atomic E-state index is 12.4. The summed E-state index contributed by atoms with van der Waals surface area (Å²) in [5.41, 5.74) is 3.89. The first-order valence-corrected chi connectivity index (χ1v) is 12.6. The molecule has 1 aliphatic carbocycles. The van der Waals surface area contributed by atoms with Gasteiger partial charge in [-0.25, -0.2) is 28.4 Å². The van der Waals surface area contributed by atoms with E-state index >= 15 is 0 Å². The lowest BCUT2D eigenvalue weighted by Gasteiger charge is -2.32. The predicted octanol–water partition coefficient (Wildman–Crippen LogP) is 2.30. The molecular weight excluding hydrogens is 426 g/mol. The number of hydrogen-bond donors (Lipinski definition) is 1. The first-order valence-electron chi connectivity index (χ1n) is 10.9. The number of fused-ring (bicyclic) bond motifs is 1. The molecule has 1 N–H and O–H groups in total. The van der Waals surface area contributed by atoms with Crippen LogP contribution in [-0.4, -0.2) is 71.7 Å². The quantitative estimate of drug-likeness (QED) is 0.602. The van der Waals surface area contributed by atoms with Gasteiger partial charge in [0.2, 0.25) is 5.95 Å². The summed E-state index contributed by atoms with van der Waals surface area (Å²) in [6, 6.07) is 5.71. The van der Waals surface area contributed by atoms with Crippen LogP contribution in [0.25, 0.3) is 11.0 Å². The van der Waals surface area contributed by atoms with Crippen LogP contribution in [0.15, 0.2) is 30.7 Å². The zero-order valence-corrected chi connectivity index (χ0v) is 19.1. The molecule has 0 atom stereocenters. The molecule has 2 fully saturated rings. The Morgan fingerprint density at radius 2 is 1.88 bits per heavy atom. The fourth-order valence-electron chi connectivity index (χ4n) is 3.89. The molecule has 32 heavy (non-hydrogen) atoms. The zero-order valence-electron chi connectivity index (χ0n) is 18.3. The number of benzene rings is 1. The van der Waals surface area contributed by atoms with Crippen molar-refractivity contribution in [3.8, 4) is 0 Å². The summed E-state index contributed by atoms with van der Waals surface area (Å²) in [5, 5.41) is 3.19. The van der Waals surface area contributed by atoms with Crippen molar-refractivity contribution < 1.29 is 8.42 Å². The van der Waals surface area contributed by atoms with Crippen LogP contribution in [0.3, 0.4) is 0 Å². The molecule has 1 saturated heterocycles. The summed E-state index contributed by atoms with van der Waals surface area (Å²) >= 11 is 0. The number of aryl methyl sites for hydroxylation is 1. The topological polar surface area (TPSA) is 104 Å². The van der Waals surface area contributed by atoms with E-state index in [4.69, 9.17) is 4.98 Å². The Kier molecular flexibility index (Phi) is 5.42. The third-order valence-electron chi connectivity index (χ3n) is 6.11. The number of anilines is 3. The standard InChI is InChI=1S/C22H27N7O2S/c1-15-3-4-16(13-32(30,31)17-5-6-17)11-18(15)26-21-20-19(24-14-25-21)12-23-22(27-20)29-9-7-28(2)8-10-29/h3-4,11-12,14,17H,5-10,13H2,1-2H3,(H,24,25,26). The van der Waals surface area contributed by atoms with Crippen LogP contribution >= 0.6 is 0 Å². The van der Waals surface area contributed by atoms with E-state index in [2.05, 4.69) is 37.1 Å². The van der Waals surface area contributed by atoms with Crippen molar-refractivity contribution in [2.45, 2.75) is 30.8 Å². The number of rotatable bonds is 6. The number of piperazine rings is 1. The Balaban J connectivity index is 1.44. The Labute approximate surface area is 187 Å². The van der Waals surface area contributed by atoms with Crippen molar-refractivity contribution in [3.63, 3.8) is 0 Å². The average molecular weight is 454 g/mol. The number of likely N-dealkylation sites (N-methyl/N-ethyl adjacent to an activating group) is 1. The molecule has 0 radical (unpaired) electrons. The van der Waals surface area contributed by atoms with Crippen molar-refractivity contribution in [1.82, 2.24) is 24.8 Å². The van der Waals surface area contributed by atoms with Gasteiger partial charge in [-0.1, -0.05) is 12.1 Å². The Bertz CT molecular complexity index is 1250. The van der Waals surface area contributed by atoms with Crippen molar-refractivity contribution in [2.75, 3.05) is 43.4 Å². The molecule has 0 amide bonds. The monoisotopic (exact) mass is 453 g/mol. The van der Waals surface area contributed by atoms with Crippen LogP contribution in [0.2, 0.25) is 0 Å². The second-order valence-electron chi connectivity index (χ2n) is 8.70. The van der Waals surface area contributed by atoms with Gasteiger partial charge in [0.15, 0.2) is 15.7 Å². The van der Waals surface area contributed by atoms with Gasteiger partial charge in [0, 0.05) is 31.9 Å². The van der Waals surface area contributed by atoms with E-state index in [1.807, 2.05) is 25.1 Å². The average Bonchev–Trinajstić information content (AvgIpc) is 3.63. The molecular formula is C22H27N7O2S. The number of hydrogen-bond acceptors (Lipinski definition) is 9. The number of sulfone groups is 1. The third-order valence-corrected chi connectivity index (χ3v) is 8.33. The molecule has 5 rings (SSSR count). The van der Waals surface area contributed by atoms with E-state index in [1.54, 1.807) is 6.20 Å². The minimum Gasteiger partial charge on any atom is -0.338 e. The van der Waals surface area contributed by atoms with Crippen molar-refractivity contribution in [2.24, 2.45) is 0 Å². The normalized spacial score (nSPS) is 17.6. The van der Waals surface area contributed by atoms with Crippen molar-refractivity contribution in [3.05, 3.63) is 41.9 Å². The molecule has 2 aliphatic rings. The highest BCUT2D eigenvalue weighted by Crippen LogP contribution is 2.32. The number of aromatic nitrogens is 4. The summed E-state index contributed by atoms with van der Waals surface area (Å²) in [5.74, 6) is 1.31. The molecule has 168 valence electrons. The molecule has 0 bridgehead atoms. The fraction of sp³-hybridized carbons (Fsp3) is 0.455. The molecule has 1 aromatic carbocycles. The van der Waals surface area contributed by atoms with Gasteiger partial charge in [0.25, 0.3) is 0 Å². The van der Waals surface area contributed by atoms with E-state index in [0.717, 1.165) is 55.8 Å². The van der Waals surface area contributed by atoms with Gasteiger partial charge < -0.3 is 15.1 Å². The van der Waals surface area contributed by atoms with Crippen molar-refractivity contribution >= 4 is 38.3 Å². The van der Waals surface area contributed by atoms with Crippen LogP contribution in [-0.2, 0) is 15.6 Å². The highest BCUT2D eigenvalue weighted by atomic mass is 32.2. The largest absolute Gasteiger partial charge is 0.338 e. The van der Waals surface area contributed by atoms with Crippen LogP contribution in [0.1, 0.15) is 24.0 Å². The molecule has 3 heterocycles. The summed E-state index contributed by atoms with van der Waals surface area (Å²) in [4.78, 5) is 22.5. The molecule has 0 spiro atoms.